The van der Waals surface area contributed by atoms with E-state index in [-0.39, 0.29) is 25.5 Å². The van der Waals surface area contributed by atoms with E-state index in [9.17, 15) is 14.4 Å². The Morgan fingerprint density at radius 2 is 1.39 bits per heavy atom. The maximum Gasteiger partial charge on any atom is 0.320 e. The van der Waals surface area contributed by atoms with E-state index in [1.54, 1.807) is 13.8 Å². The summed E-state index contributed by atoms with van der Waals surface area (Å²) in [4.78, 5) is 36.5. The maximum atomic E-state index is 12.3. The predicted octanol–water partition coefficient (Wildman–Crippen LogP) is 4.90. The van der Waals surface area contributed by atoms with Gasteiger partial charge in [0.25, 0.3) is 0 Å². The second-order valence-corrected chi connectivity index (χ2v) is 7.80. The molecule has 0 bridgehead atoms. The summed E-state index contributed by atoms with van der Waals surface area (Å²) in [6.45, 7) is 7.36. The summed E-state index contributed by atoms with van der Waals surface area (Å²) >= 11 is 0. The Bertz CT molecular complexity index is 653. The number of nitrogens with one attached hydrogen (secondary N) is 1. The minimum atomic E-state index is -1.08. The van der Waals surface area contributed by atoms with Crippen molar-refractivity contribution in [2.75, 3.05) is 13.2 Å². The molecule has 0 saturated heterocycles. The summed E-state index contributed by atoms with van der Waals surface area (Å²) in [6.07, 6.45) is 8.64. The number of amides is 1. The van der Waals surface area contributed by atoms with E-state index in [2.05, 4.69) is 24.4 Å². The summed E-state index contributed by atoms with van der Waals surface area (Å²) in [7, 11) is 0. The third-order valence-corrected chi connectivity index (χ3v) is 5.19. The molecule has 6 heteroatoms. The zero-order valence-corrected chi connectivity index (χ0v) is 19.6. The van der Waals surface area contributed by atoms with Crippen LogP contribution in [-0.2, 0) is 30.3 Å². The molecule has 1 N–H and O–H groups in total. The zero-order chi connectivity index (χ0) is 23.1. The highest BCUT2D eigenvalue weighted by molar-refractivity contribution is 5.95. The van der Waals surface area contributed by atoms with E-state index in [0.29, 0.717) is 0 Å². The van der Waals surface area contributed by atoms with Gasteiger partial charge in [0.2, 0.25) is 5.91 Å². The molecule has 1 aromatic rings. The van der Waals surface area contributed by atoms with E-state index in [1.165, 1.54) is 44.6 Å². The fourth-order valence-corrected chi connectivity index (χ4v) is 3.56. The zero-order valence-electron chi connectivity index (χ0n) is 19.6. The molecule has 0 spiro atoms. The molecule has 1 unspecified atom stereocenters. The summed E-state index contributed by atoms with van der Waals surface area (Å²) in [5, 5.41) is 2.86. The minimum absolute atomic E-state index is 0.0913. The molecule has 0 aliphatic rings. The molecule has 0 aliphatic carbocycles. The Labute approximate surface area is 187 Å². The second kappa shape index (κ2) is 15.4. The van der Waals surface area contributed by atoms with Crippen molar-refractivity contribution >= 4 is 17.8 Å². The van der Waals surface area contributed by atoms with Crippen molar-refractivity contribution in [3.8, 4) is 0 Å². The molecule has 1 aromatic carbocycles. The van der Waals surface area contributed by atoms with Crippen molar-refractivity contribution in [3.63, 3.8) is 0 Å². The summed E-state index contributed by atoms with van der Waals surface area (Å²) in [6, 6.07) is 7.54. The van der Waals surface area contributed by atoms with Crippen LogP contribution in [0.15, 0.2) is 24.3 Å². The average molecular weight is 434 g/mol. The van der Waals surface area contributed by atoms with E-state index in [1.807, 2.05) is 12.1 Å². The van der Waals surface area contributed by atoms with Crippen LogP contribution in [-0.4, -0.2) is 31.1 Å². The minimum Gasteiger partial charge on any atom is -0.465 e. The largest absolute Gasteiger partial charge is 0.465 e. The second-order valence-electron chi connectivity index (χ2n) is 7.80. The molecule has 0 aromatic heterocycles. The van der Waals surface area contributed by atoms with Gasteiger partial charge in [-0.1, -0.05) is 63.3 Å². The van der Waals surface area contributed by atoms with Crippen LogP contribution in [0.4, 0.5) is 0 Å². The molecular weight excluding hydrogens is 394 g/mol. The number of benzene rings is 1. The molecular formula is C25H39NO5. The van der Waals surface area contributed by atoms with Gasteiger partial charge in [-0.25, -0.2) is 0 Å². The number of unbranched alkanes of at least 4 members (excludes halogenated alkanes) is 5. The monoisotopic (exact) mass is 433 g/mol. The van der Waals surface area contributed by atoms with Gasteiger partial charge in [0.1, 0.15) is 0 Å². The first-order valence-corrected chi connectivity index (χ1v) is 11.6. The molecule has 1 rings (SSSR count). The van der Waals surface area contributed by atoms with Gasteiger partial charge in [0.15, 0.2) is 5.92 Å². The standard InChI is InChI=1S/C25H39NO5/c1-5-8-9-10-11-12-13-20-14-16-21(17-15-20)23(26-19(4)27)18-22(24(28)30-6-2)25(29)31-7-3/h14-17,22-23H,5-13,18H2,1-4H3,(H,26,27). The number of hydrogen-bond acceptors (Lipinski definition) is 5. The first-order chi connectivity index (χ1) is 14.9. The molecule has 0 radical (unpaired) electrons. The molecule has 174 valence electrons. The first-order valence-electron chi connectivity index (χ1n) is 11.6. The number of carbonyl (C=O) groups excluding carboxylic acids is 3. The number of esters is 2. The Balaban J connectivity index is 2.83. The van der Waals surface area contributed by atoms with Crippen molar-refractivity contribution in [2.24, 2.45) is 5.92 Å². The van der Waals surface area contributed by atoms with Crippen molar-refractivity contribution < 1.29 is 23.9 Å². The van der Waals surface area contributed by atoms with Gasteiger partial charge in [-0.15, -0.1) is 0 Å². The average Bonchev–Trinajstić information content (AvgIpc) is 2.74. The fourth-order valence-electron chi connectivity index (χ4n) is 3.56. The maximum absolute atomic E-state index is 12.3. The molecule has 1 amide bonds. The van der Waals surface area contributed by atoms with Crippen LogP contribution in [0, 0.1) is 5.92 Å². The third-order valence-electron chi connectivity index (χ3n) is 5.19. The van der Waals surface area contributed by atoms with E-state index in [4.69, 9.17) is 9.47 Å². The Kier molecular flexibility index (Phi) is 13.3. The van der Waals surface area contributed by atoms with Crippen LogP contribution in [0.3, 0.4) is 0 Å². The molecule has 31 heavy (non-hydrogen) atoms. The van der Waals surface area contributed by atoms with Gasteiger partial charge in [-0.2, -0.15) is 0 Å². The number of hydrogen-bond donors (Lipinski definition) is 1. The smallest absolute Gasteiger partial charge is 0.320 e. The van der Waals surface area contributed by atoms with E-state index < -0.39 is 23.9 Å². The number of ether oxygens (including phenoxy) is 2. The number of aryl methyl sites for hydroxylation is 1. The lowest BCUT2D eigenvalue weighted by Crippen LogP contribution is -2.34. The van der Waals surface area contributed by atoms with Crippen LogP contribution < -0.4 is 5.32 Å². The third kappa shape index (κ3) is 10.5. The van der Waals surface area contributed by atoms with Gasteiger partial charge in [0, 0.05) is 6.92 Å². The van der Waals surface area contributed by atoms with Crippen LogP contribution in [0.5, 0.6) is 0 Å². The molecule has 0 fully saturated rings. The highest BCUT2D eigenvalue weighted by Crippen LogP contribution is 2.25. The Morgan fingerprint density at radius 3 is 1.90 bits per heavy atom. The number of rotatable bonds is 15. The van der Waals surface area contributed by atoms with Crippen LogP contribution in [0.2, 0.25) is 0 Å². The summed E-state index contributed by atoms with van der Waals surface area (Å²) in [5.41, 5.74) is 2.09. The fraction of sp³-hybridized carbons (Fsp3) is 0.640. The van der Waals surface area contributed by atoms with Gasteiger partial charge in [0.05, 0.1) is 19.3 Å². The van der Waals surface area contributed by atoms with Crippen molar-refractivity contribution in [1.82, 2.24) is 5.32 Å². The van der Waals surface area contributed by atoms with Crippen LogP contribution in [0.25, 0.3) is 0 Å². The molecule has 6 nitrogen and oxygen atoms in total. The van der Waals surface area contributed by atoms with Crippen LogP contribution in [0.1, 0.15) is 89.8 Å². The van der Waals surface area contributed by atoms with E-state index in [0.717, 1.165) is 18.4 Å². The number of carbonyl (C=O) groups is 3. The topological polar surface area (TPSA) is 81.7 Å². The first kappa shape index (κ1) is 26.7. The van der Waals surface area contributed by atoms with Gasteiger partial charge >= 0.3 is 11.9 Å². The van der Waals surface area contributed by atoms with Gasteiger partial charge in [-0.05, 0) is 44.2 Å². The van der Waals surface area contributed by atoms with Gasteiger partial charge in [-0.3, -0.25) is 14.4 Å². The highest BCUT2D eigenvalue weighted by Gasteiger charge is 2.33. The lowest BCUT2D eigenvalue weighted by Gasteiger charge is -2.23. The SMILES string of the molecule is CCCCCCCCc1ccc(C(CC(C(=O)OCC)C(=O)OCC)NC(C)=O)cc1. The Morgan fingerprint density at radius 1 is 0.839 bits per heavy atom. The summed E-state index contributed by atoms with van der Waals surface area (Å²) < 4.78 is 10.1. The normalized spacial score (nSPS) is 11.8. The summed E-state index contributed by atoms with van der Waals surface area (Å²) in [5.74, 6) is -2.57. The van der Waals surface area contributed by atoms with E-state index >= 15 is 0 Å². The lowest BCUT2D eigenvalue weighted by atomic mass is 9.93. The van der Waals surface area contributed by atoms with Crippen LogP contribution >= 0.6 is 0 Å². The Hall–Kier alpha value is -2.37. The van der Waals surface area contributed by atoms with Crippen molar-refractivity contribution in [2.45, 2.75) is 85.1 Å². The van der Waals surface area contributed by atoms with Crippen molar-refractivity contribution in [3.05, 3.63) is 35.4 Å². The predicted molar refractivity (Wildman–Crippen MR) is 121 cm³/mol. The molecule has 0 aliphatic heterocycles. The molecule has 1 atom stereocenters. The quantitative estimate of drug-likeness (QED) is 0.242. The molecule has 0 heterocycles. The lowest BCUT2D eigenvalue weighted by molar-refractivity contribution is -0.162. The van der Waals surface area contributed by atoms with Crippen molar-refractivity contribution in [1.29, 1.82) is 0 Å². The molecule has 0 saturated carbocycles. The highest BCUT2D eigenvalue weighted by atomic mass is 16.6. The van der Waals surface area contributed by atoms with Gasteiger partial charge < -0.3 is 14.8 Å².